The molecule has 28 heavy (non-hydrogen) atoms. The molecule has 1 atom stereocenters. The van der Waals surface area contributed by atoms with Gasteiger partial charge in [0.2, 0.25) is 0 Å². The molecule has 0 unspecified atom stereocenters. The van der Waals surface area contributed by atoms with Gasteiger partial charge in [-0.15, -0.1) is 0 Å². The molecule has 0 aliphatic rings. The average molecular weight is 408 g/mol. The first-order chi connectivity index (χ1) is 12.6. The third-order valence-corrected chi connectivity index (χ3v) is 4.11. The van der Waals surface area contributed by atoms with E-state index < -0.39 is 23.8 Å². The molecule has 0 bridgehead atoms. The quantitative estimate of drug-likeness (QED) is 0.600. The van der Waals surface area contributed by atoms with Crippen molar-refractivity contribution in [1.82, 2.24) is 4.90 Å². The molecule has 0 amide bonds. The molecular formula is C19H18ClF3LiNO3. The van der Waals surface area contributed by atoms with Crippen molar-refractivity contribution in [1.29, 1.82) is 0 Å². The summed E-state index contributed by atoms with van der Waals surface area (Å²) < 4.78 is 44.5. The van der Waals surface area contributed by atoms with Crippen molar-refractivity contribution in [3.63, 3.8) is 0 Å². The van der Waals surface area contributed by atoms with Gasteiger partial charge in [0.15, 0.2) is 0 Å². The number of hydrogen-bond donors (Lipinski definition) is 0. The Morgan fingerprint density at radius 2 is 1.86 bits per heavy atom. The Kier molecular flexibility index (Phi) is 9.38. The normalized spacial score (nSPS) is 12.4. The summed E-state index contributed by atoms with van der Waals surface area (Å²) in [6.07, 6.45) is -4.68. The largest absolute Gasteiger partial charge is 1.00 e. The maximum Gasteiger partial charge on any atom is 1.00 e. The molecule has 0 aromatic heterocycles. The summed E-state index contributed by atoms with van der Waals surface area (Å²) in [7, 11) is 1.61. The maximum absolute atomic E-state index is 12.9. The van der Waals surface area contributed by atoms with Crippen LogP contribution in [0.25, 0.3) is 0 Å². The van der Waals surface area contributed by atoms with Gasteiger partial charge in [0.05, 0.1) is 11.5 Å². The van der Waals surface area contributed by atoms with Crippen molar-refractivity contribution < 1.29 is 46.7 Å². The van der Waals surface area contributed by atoms with Crippen molar-refractivity contribution in [2.45, 2.75) is 18.7 Å². The van der Waals surface area contributed by atoms with Gasteiger partial charge in [-0.2, -0.15) is 13.2 Å². The van der Waals surface area contributed by atoms with E-state index in [4.69, 9.17) is 16.3 Å². The van der Waals surface area contributed by atoms with E-state index in [1.807, 2.05) is 0 Å². The van der Waals surface area contributed by atoms with Gasteiger partial charge in [0, 0.05) is 24.5 Å². The molecule has 4 nitrogen and oxygen atoms in total. The summed E-state index contributed by atoms with van der Waals surface area (Å²) >= 11 is 5.89. The molecular weight excluding hydrogens is 390 g/mol. The van der Waals surface area contributed by atoms with Gasteiger partial charge in [-0.1, -0.05) is 29.8 Å². The topological polar surface area (TPSA) is 52.6 Å². The second kappa shape index (κ2) is 10.8. The van der Waals surface area contributed by atoms with E-state index in [2.05, 4.69) is 0 Å². The first-order valence-electron chi connectivity index (χ1n) is 8.13. The summed E-state index contributed by atoms with van der Waals surface area (Å²) in [5.41, 5.74) is -0.0809. The first-order valence-corrected chi connectivity index (χ1v) is 8.50. The van der Waals surface area contributed by atoms with Crippen LogP contribution in [-0.2, 0) is 11.0 Å². The molecule has 2 rings (SSSR count). The maximum atomic E-state index is 12.9. The molecule has 0 fully saturated rings. The van der Waals surface area contributed by atoms with Crippen LogP contribution in [0.4, 0.5) is 13.2 Å². The fraction of sp³-hybridized carbons (Fsp3) is 0.316. The van der Waals surface area contributed by atoms with Crippen LogP contribution in [0.5, 0.6) is 5.75 Å². The minimum Gasteiger partial charge on any atom is -0.549 e. The summed E-state index contributed by atoms with van der Waals surface area (Å²) in [5.74, 6) is -1.13. The number of rotatable bonds is 8. The van der Waals surface area contributed by atoms with Gasteiger partial charge in [-0.05, 0) is 42.9 Å². The number of benzene rings is 2. The Labute approximate surface area is 178 Å². The molecule has 0 saturated heterocycles. The molecule has 0 saturated carbocycles. The summed E-state index contributed by atoms with van der Waals surface area (Å²) in [6.45, 7) is 0.0944. The third kappa shape index (κ3) is 7.76. The number of aliphatic carboxylic acids is 1. The van der Waals surface area contributed by atoms with E-state index in [1.54, 1.807) is 31.3 Å². The molecule has 0 N–H and O–H groups in total. The van der Waals surface area contributed by atoms with Crippen molar-refractivity contribution in [3.05, 3.63) is 64.7 Å². The number of hydrogen-bond acceptors (Lipinski definition) is 4. The molecule has 2 aromatic carbocycles. The fourth-order valence-corrected chi connectivity index (χ4v) is 2.64. The first kappa shape index (κ1) is 24.4. The number of carbonyl (C=O) groups excluding carboxylic acids is 1. The predicted molar refractivity (Wildman–Crippen MR) is 93.4 cm³/mol. The van der Waals surface area contributed by atoms with E-state index in [-0.39, 0.29) is 31.2 Å². The molecule has 0 spiro atoms. The van der Waals surface area contributed by atoms with Crippen molar-refractivity contribution >= 4 is 17.6 Å². The van der Waals surface area contributed by atoms with Gasteiger partial charge >= 0.3 is 25.0 Å². The van der Waals surface area contributed by atoms with Gasteiger partial charge in [-0.3, -0.25) is 0 Å². The van der Waals surface area contributed by atoms with Crippen LogP contribution in [0.1, 0.15) is 23.7 Å². The summed E-state index contributed by atoms with van der Waals surface area (Å²) in [4.78, 5) is 12.2. The second-order valence-electron chi connectivity index (χ2n) is 6.08. The monoisotopic (exact) mass is 407 g/mol. The predicted octanol–water partition coefficient (Wildman–Crippen LogP) is 0.555. The molecule has 2 aromatic rings. The van der Waals surface area contributed by atoms with Crippen molar-refractivity contribution in [2.24, 2.45) is 0 Å². The van der Waals surface area contributed by atoms with E-state index in [1.165, 1.54) is 17.0 Å². The Morgan fingerprint density at radius 1 is 1.21 bits per heavy atom. The van der Waals surface area contributed by atoms with Crippen LogP contribution in [0.15, 0.2) is 48.5 Å². The molecule has 0 radical (unpaired) electrons. The minimum absolute atomic E-state index is 0. The van der Waals surface area contributed by atoms with Gasteiger partial charge in [0.1, 0.15) is 11.9 Å². The summed E-state index contributed by atoms with van der Waals surface area (Å²) in [6, 6.07) is 11.4. The number of carboxylic acid groups (broad SMARTS) is 1. The van der Waals surface area contributed by atoms with Crippen molar-refractivity contribution in [2.75, 3.05) is 20.1 Å². The summed E-state index contributed by atoms with van der Waals surface area (Å²) in [5, 5.41) is 11.2. The van der Waals surface area contributed by atoms with E-state index >= 15 is 0 Å². The number of nitrogens with zero attached hydrogens (tertiary/aromatic N) is 1. The average Bonchev–Trinajstić information content (AvgIpc) is 2.58. The standard InChI is InChI=1S/C19H19ClF3NO3.Li/c1-24(12-18(25)26)10-9-17(13-5-7-15(20)8-6-13)27-16-4-2-3-14(11-16)19(21,22)23;/h2-8,11,17H,9-10,12H2,1H3,(H,25,26);/q;+1/p-1/t17-;/m1./s1. The number of alkyl halides is 3. The van der Waals surface area contributed by atoms with Crippen LogP contribution >= 0.6 is 11.6 Å². The zero-order chi connectivity index (χ0) is 20.0. The SMILES string of the molecule is CN(CC[C@@H](Oc1cccc(C(F)(F)F)c1)c1ccc(Cl)cc1)CC(=O)[O-].[Li+]. The van der Waals surface area contributed by atoms with Crippen LogP contribution in [0, 0.1) is 0 Å². The number of ether oxygens (including phenoxy) is 1. The van der Waals surface area contributed by atoms with Gasteiger partial charge in [0.25, 0.3) is 0 Å². The van der Waals surface area contributed by atoms with E-state index in [9.17, 15) is 23.1 Å². The minimum atomic E-state index is -4.47. The zero-order valence-corrected chi connectivity index (χ0v) is 16.3. The van der Waals surface area contributed by atoms with Crippen LogP contribution in [0.2, 0.25) is 5.02 Å². The molecule has 146 valence electrons. The smallest absolute Gasteiger partial charge is 0.549 e. The molecule has 0 heterocycles. The molecule has 9 heteroatoms. The van der Waals surface area contributed by atoms with Gasteiger partial charge < -0.3 is 19.5 Å². The van der Waals surface area contributed by atoms with Crippen LogP contribution in [0.3, 0.4) is 0 Å². The fourth-order valence-electron chi connectivity index (χ4n) is 2.52. The number of halogens is 4. The van der Waals surface area contributed by atoms with Gasteiger partial charge in [-0.25, -0.2) is 0 Å². The Hall–Kier alpha value is -1.65. The number of carboxylic acids is 1. The Balaban J connectivity index is 0.00000392. The Morgan fingerprint density at radius 3 is 2.43 bits per heavy atom. The Bertz CT molecular complexity index is 772. The number of carbonyl (C=O) groups is 1. The number of likely N-dealkylation sites (N-methyl/N-ethyl adjacent to an activating group) is 1. The second-order valence-corrected chi connectivity index (χ2v) is 6.52. The van der Waals surface area contributed by atoms with Crippen molar-refractivity contribution in [3.8, 4) is 5.75 Å². The van der Waals surface area contributed by atoms with E-state index in [0.29, 0.717) is 18.0 Å². The van der Waals surface area contributed by atoms with Crippen LogP contribution < -0.4 is 28.7 Å². The zero-order valence-electron chi connectivity index (χ0n) is 15.5. The van der Waals surface area contributed by atoms with E-state index in [0.717, 1.165) is 17.7 Å². The van der Waals surface area contributed by atoms with Crippen LogP contribution in [-0.4, -0.2) is 31.0 Å². The molecule has 0 aliphatic carbocycles. The third-order valence-electron chi connectivity index (χ3n) is 3.85. The molecule has 0 aliphatic heterocycles.